The first-order chi connectivity index (χ1) is 10.1. The number of phenolic OH excluding ortho intramolecular Hbond substituents is 2. The predicted octanol–water partition coefficient (Wildman–Crippen LogP) is 3.20. The fraction of sp³-hybridized carbons (Fsp3) is 0.118. The highest BCUT2D eigenvalue weighted by atomic mass is 16.4. The van der Waals surface area contributed by atoms with Crippen LogP contribution in [0.5, 0.6) is 11.5 Å². The molecule has 0 saturated heterocycles. The second-order valence-corrected chi connectivity index (χ2v) is 4.70. The van der Waals surface area contributed by atoms with Crippen LogP contribution in [0.4, 0.5) is 0 Å². The number of hydrogen-bond acceptors (Lipinski definition) is 3. The summed E-state index contributed by atoms with van der Waals surface area (Å²) >= 11 is 0. The molecule has 0 aliphatic heterocycles. The summed E-state index contributed by atoms with van der Waals surface area (Å²) in [5.74, 6) is -1.12. The van der Waals surface area contributed by atoms with Gasteiger partial charge in [0.1, 0.15) is 11.5 Å². The minimum absolute atomic E-state index is 0.0214. The summed E-state index contributed by atoms with van der Waals surface area (Å²) in [5.41, 5.74) is 1.52. The van der Waals surface area contributed by atoms with E-state index in [-0.39, 0.29) is 17.1 Å². The van der Waals surface area contributed by atoms with Crippen LogP contribution < -0.4 is 0 Å². The number of carbonyl (C=O) groups is 1. The van der Waals surface area contributed by atoms with Gasteiger partial charge in [-0.1, -0.05) is 30.3 Å². The van der Waals surface area contributed by atoms with Crippen LogP contribution in [0.1, 0.15) is 17.5 Å². The maximum atomic E-state index is 11.3. The van der Waals surface area contributed by atoms with Crippen molar-refractivity contribution >= 4 is 12.0 Å². The molecule has 3 N–H and O–H groups in total. The topological polar surface area (TPSA) is 77.8 Å². The maximum absolute atomic E-state index is 11.3. The van der Waals surface area contributed by atoms with Gasteiger partial charge in [0.15, 0.2) is 0 Å². The van der Waals surface area contributed by atoms with Crippen LogP contribution in [0.25, 0.3) is 6.08 Å². The van der Waals surface area contributed by atoms with Gasteiger partial charge in [-0.15, -0.1) is 0 Å². The Morgan fingerprint density at radius 3 is 2.43 bits per heavy atom. The highest BCUT2D eigenvalue weighted by molar-refractivity contribution is 5.92. The third-order valence-corrected chi connectivity index (χ3v) is 3.14. The Balaban J connectivity index is 2.20. The highest BCUT2D eigenvalue weighted by Crippen LogP contribution is 2.25. The molecule has 0 atom stereocenters. The van der Waals surface area contributed by atoms with E-state index in [1.54, 1.807) is 0 Å². The zero-order chi connectivity index (χ0) is 15.2. The molecule has 4 nitrogen and oxygen atoms in total. The van der Waals surface area contributed by atoms with Crippen molar-refractivity contribution in [3.8, 4) is 11.5 Å². The van der Waals surface area contributed by atoms with Crippen molar-refractivity contribution in [2.24, 2.45) is 0 Å². The Bertz CT molecular complexity index is 660. The molecule has 108 valence electrons. The summed E-state index contributed by atoms with van der Waals surface area (Å²) in [5, 5.41) is 28.4. The van der Waals surface area contributed by atoms with Crippen LogP contribution in [-0.2, 0) is 11.2 Å². The van der Waals surface area contributed by atoms with Crippen LogP contribution in [0.3, 0.4) is 0 Å². The molecule has 0 aromatic heterocycles. The molecule has 0 heterocycles. The second kappa shape index (κ2) is 6.61. The number of aryl methyl sites for hydroxylation is 1. The Kier molecular flexibility index (Phi) is 4.61. The van der Waals surface area contributed by atoms with Gasteiger partial charge < -0.3 is 15.3 Å². The van der Waals surface area contributed by atoms with Crippen LogP contribution in [-0.4, -0.2) is 21.3 Å². The van der Waals surface area contributed by atoms with E-state index in [1.165, 1.54) is 24.3 Å². The second-order valence-electron chi connectivity index (χ2n) is 4.70. The normalized spacial score (nSPS) is 11.3. The van der Waals surface area contributed by atoms with E-state index in [9.17, 15) is 20.1 Å². The van der Waals surface area contributed by atoms with E-state index in [0.717, 1.165) is 5.56 Å². The summed E-state index contributed by atoms with van der Waals surface area (Å²) in [6, 6.07) is 13.6. The van der Waals surface area contributed by atoms with Crippen LogP contribution >= 0.6 is 0 Å². The average molecular weight is 284 g/mol. The molecule has 0 spiro atoms. The van der Waals surface area contributed by atoms with Crippen molar-refractivity contribution in [1.29, 1.82) is 0 Å². The van der Waals surface area contributed by atoms with Crippen LogP contribution in [0.15, 0.2) is 54.1 Å². The Labute approximate surface area is 122 Å². The van der Waals surface area contributed by atoms with Gasteiger partial charge >= 0.3 is 5.97 Å². The fourth-order valence-electron chi connectivity index (χ4n) is 2.01. The van der Waals surface area contributed by atoms with Gasteiger partial charge in [-0.2, -0.15) is 0 Å². The quantitative estimate of drug-likeness (QED) is 0.582. The number of rotatable bonds is 5. The van der Waals surface area contributed by atoms with Crippen LogP contribution in [0.2, 0.25) is 0 Å². The molecule has 0 aliphatic rings. The standard InChI is InChI=1S/C17H16O4/c18-15-8-9-16(19)14(11-15)10-13(17(20)21)7-6-12-4-2-1-3-5-12/h1-5,8-11,18-19H,6-7H2,(H,20,21)/b13-10+. The summed E-state index contributed by atoms with van der Waals surface area (Å²) < 4.78 is 0. The van der Waals surface area contributed by atoms with Gasteiger partial charge in [-0.05, 0) is 42.7 Å². The lowest BCUT2D eigenvalue weighted by Crippen LogP contribution is -2.02. The SMILES string of the molecule is O=C(O)/C(=C/c1cc(O)ccc1O)CCc1ccccc1. The summed E-state index contributed by atoms with van der Waals surface area (Å²) in [7, 11) is 0. The van der Waals surface area contributed by atoms with Crippen molar-refractivity contribution in [2.45, 2.75) is 12.8 Å². The molecule has 0 fully saturated rings. The van der Waals surface area contributed by atoms with Gasteiger partial charge in [0.2, 0.25) is 0 Å². The highest BCUT2D eigenvalue weighted by Gasteiger charge is 2.10. The first kappa shape index (κ1) is 14.7. The third kappa shape index (κ3) is 4.11. The number of carboxylic acids is 1. The van der Waals surface area contributed by atoms with Gasteiger partial charge in [0, 0.05) is 11.1 Å². The van der Waals surface area contributed by atoms with Gasteiger partial charge in [0.05, 0.1) is 0 Å². The first-order valence-corrected chi connectivity index (χ1v) is 6.56. The summed E-state index contributed by atoms with van der Waals surface area (Å²) in [4.78, 5) is 11.3. The number of benzene rings is 2. The lowest BCUT2D eigenvalue weighted by atomic mass is 10.0. The predicted molar refractivity (Wildman–Crippen MR) is 80.1 cm³/mol. The largest absolute Gasteiger partial charge is 0.508 e. The smallest absolute Gasteiger partial charge is 0.331 e. The zero-order valence-electron chi connectivity index (χ0n) is 11.4. The molecule has 4 heteroatoms. The summed E-state index contributed by atoms with van der Waals surface area (Å²) in [6.07, 6.45) is 2.33. The molecule has 2 aromatic rings. The van der Waals surface area contributed by atoms with E-state index in [0.29, 0.717) is 18.4 Å². The number of phenols is 2. The van der Waals surface area contributed by atoms with Crippen molar-refractivity contribution in [3.05, 3.63) is 65.2 Å². The van der Waals surface area contributed by atoms with Crippen molar-refractivity contribution < 1.29 is 20.1 Å². The molecule has 0 radical (unpaired) electrons. The van der Waals surface area contributed by atoms with E-state index in [4.69, 9.17) is 0 Å². The summed E-state index contributed by atoms with van der Waals surface area (Å²) in [6.45, 7) is 0. The third-order valence-electron chi connectivity index (χ3n) is 3.14. The Morgan fingerprint density at radius 1 is 1.05 bits per heavy atom. The maximum Gasteiger partial charge on any atom is 0.331 e. The van der Waals surface area contributed by atoms with Gasteiger partial charge in [-0.3, -0.25) is 0 Å². The molecule has 2 rings (SSSR count). The zero-order valence-corrected chi connectivity index (χ0v) is 11.4. The fourth-order valence-corrected chi connectivity index (χ4v) is 2.01. The van der Waals surface area contributed by atoms with E-state index in [1.807, 2.05) is 30.3 Å². The van der Waals surface area contributed by atoms with E-state index >= 15 is 0 Å². The minimum atomic E-state index is -1.03. The monoisotopic (exact) mass is 284 g/mol. The molecule has 0 aliphatic carbocycles. The van der Waals surface area contributed by atoms with Crippen molar-refractivity contribution in [3.63, 3.8) is 0 Å². The molecule has 0 bridgehead atoms. The molecular formula is C17H16O4. The number of carboxylic acid groups (broad SMARTS) is 1. The van der Waals surface area contributed by atoms with Gasteiger partial charge in [0.25, 0.3) is 0 Å². The molecule has 0 unspecified atom stereocenters. The molecule has 21 heavy (non-hydrogen) atoms. The number of aromatic hydroxyl groups is 2. The molecule has 0 amide bonds. The first-order valence-electron chi connectivity index (χ1n) is 6.56. The number of aliphatic carboxylic acids is 1. The lowest BCUT2D eigenvalue weighted by Gasteiger charge is -2.05. The Hall–Kier alpha value is -2.75. The van der Waals surface area contributed by atoms with Crippen molar-refractivity contribution in [2.75, 3.05) is 0 Å². The average Bonchev–Trinajstić information content (AvgIpc) is 2.47. The van der Waals surface area contributed by atoms with Crippen LogP contribution in [0, 0.1) is 0 Å². The van der Waals surface area contributed by atoms with E-state index < -0.39 is 5.97 Å². The molecule has 2 aromatic carbocycles. The van der Waals surface area contributed by atoms with E-state index in [2.05, 4.69) is 0 Å². The molecule has 0 saturated carbocycles. The number of hydrogen-bond donors (Lipinski definition) is 3. The Morgan fingerprint density at radius 2 is 1.76 bits per heavy atom. The minimum Gasteiger partial charge on any atom is -0.508 e. The lowest BCUT2D eigenvalue weighted by molar-refractivity contribution is -0.132. The molecular weight excluding hydrogens is 268 g/mol. The van der Waals surface area contributed by atoms with Gasteiger partial charge in [-0.25, -0.2) is 4.79 Å². The van der Waals surface area contributed by atoms with Crippen molar-refractivity contribution in [1.82, 2.24) is 0 Å².